The van der Waals surface area contributed by atoms with Gasteiger partial charge in [0.15, 0.2) is 6.17 Å². The SMILES string of the molecule is O=c1c2ccccc2c2cc3c(cc2c(=O)n1-c1ccccc1)c1ncccc1n3-c1ccc(C2N=CC=N2)cc1. The van der Waals surface area contributed by atoms with Crippen molar-refractivity contribution in [2.45, 2.75) is 6.17 Å². The van der Waals surface area contributed by atoms with E-state index >= 15 is 0 Å². The molecule has 0 saturated heterocycles. The van der Waals surface area contributed by atoms with E-state index in [1.807, 2.05) is 72.8 Å². The Balaban J connectivity index is 1.51. The lowest BCUT2D eigenvalue weighted by atomic mass is 10.0. The second-order valence-electron chi connectivity index (χ2n) is 10.0. The van der Waals surface area contributed by atoms with Crippen LogP contribution in [-0.4, -0.2) is 26.5 Å². The molecule has 4 aromatic carbocycles. The van der Waals surface area contributed by atoms with Crippen molar-refractivity contribution >= 4 is 55.9 Å². The minimum absolute atomic E-state index is 0.216. The van der Waals surface area contributed by atoms with Gasteiger partial charge in [0.1, 0.15) is 0 Å². The first-order valence-corrected chi connectivity index (χ1v) is 13.3. The Bertz CT molecular complexity index is 2340. The number of pyridine rings is 1. The molecule has 0 spiro atoms. The van der Waals surface area contributed by atoms with Crippen LogP contribution in [0.3, 0.4) is 0 Å². The van der Waals surface area contributed by atoms with Crippen molar-refractivity contribution < 1.29 is 0 Å². The quantitative estimate of drug-likeness (QED) is 0.274. The van der Waals surface area contributed by atoms with Gasteiger partial charge < -0.3 is 4.57 Å². The minimum Gasteiger partial charge on any atom is -0.308 e. The zero-order chi connectivity index (χ0) is 27.5. The summed E-state index contributed by atoms with van der Waals surface area (Å²) in [4.78, 5) is 41.5. The summed E-state index contributed by atoms with van der Waals surface area (Å²) in [5, 5.41) is 3.20. The molecule has 0 saturated carbocycles. The van der Waals surface area contributed by atoms with E-state index in [0.717, 1.165) is 38.6 Å². The molecule has 8 rings (SSSR count). The van der Waals surface area contributed by atoms with Crippen molar-refractivity contribution in [1.82, 2.24) is 14.1 Å². The first-order valence-electron chi connectivity index (χ1n) is 13.3. The molecule has 7 heteroatoms. The summed E-state index contributed by atoms with van der Waals surface area (Å²) in [6.45, 7) is 0. The van der Waals surface area contributed by atoms with Gasteiger partial charge in [0.2, 0.25) is 0 Å². The fourth-order valence-corrected chi connectivity index (χ4v) is 5.85. The molecule has 1 aliphatic heterocycles. The molecule has 194 valence electrons. The molecular weight excluding hydrogens is 510 g/mol. The normalized spacial score (nSPS) is 13.3. The van der Waals surface area contributed by atoms with Gasteiger partial charge in [0.25, 0.3) is 11.1 Å². The number of rotatable bonds is 3. The van der Waals surface area contributed by atoms with Gasteiger partial charge in [-0.25, -0.2) is 4.57 Å². The second-order valence-corrected chi connectivity index (χ2v) is 10.0. The number of aromatic nitrogens is 3. The third kappa shape index (κ3) is 3.49. The van der Waals surface area contributed by atoms with Gasteiger partial charge in [-0.1, -0.05) is 48.5 Å². The molecule has 3 aromatic heterocycles. The van der Waals surface area contributed by atoms with Crippen LogP contribution in [-0.2, 0) is 0 Å². The van der Waals surface area contributed by atoms with Crippen LogP contribution in [0.5, 0.6) is 0 Å². The van der Waals surface area contributed by atoms with E-state index in [-0.39, 0.29) is 17.3 Å². The van der Waals surface area contributed by atoms with Crippen LogP contribution in [0.15, 0.2) is 129 Å². The van der Waals surface area contributed by atoms with Gasteiger partial charge in [-0.3, -0.25) is 24.6 Å². The molecular formula is C34H21N5O2. The monoisotopic (exact) mass is 531 g/mol. The first kappa shape index (κ1) is 23.2. The number of benzene rings is 4. The summed E-state index contributed by atoms with van der Waals surface area (Å²) in [7, 11) is 0. The highest BCUT2D eigenvalue weighted by atomic mass is 16.2. The molecule has 1 aliphatic rings. The number of hydrogen-bond donors (Lipinski definition) is 0. The Morgan fingerprint density at radius 3 is 2.00 bits per heavy atom. The van der Waals surface area contributed by atoms with Gasteiger partial charge >= 0.3 is 0 Å². The Morgan fingerprint density at radius 2 is 1.22 bits per heavy atom. The van der Waals surface area contributed by atoms with Crippen LogP contribution in [0.1, 0.15) is 11.7 Å². The summed E-state index contributed by atoms with van der Waals surface area (Å²) in [6, 6.07) is 32.5. The lowest BCUT2D eigenvalue weighted by Gasteiger charge is -2.10. The van der Waals surface area contributed by atoms with Crippen LogP contribution >= 0.6 is 0 Å². The molecule has 0 bridgehead atoms. The van der Waals surface area contributed by atoms with E-state index in [4.69, 9.17) is 4.98 Å². The maximum absolute atomic E-state index is 14.2. The number of aliphatic imine (C=N–C) groups is 2. The van der Waals surface area contributed by atoms with Crippen molar-refractivity contribution in [2.24, 2.45) is 9.98 Å². The van der Waals surface area contributed by atoms with E-state index in [1.54, 1.807) is 36.8 Å². The van der Waals surface area contributed by atoms with Gasteiger partial charge in [-0.2, -0.15) is 0 Å². The highest BCUT2D eigenvalue weighted by Crippen LogP contribution is 2.35. The average Bonchev–Trinajstić information content (AvgIpc) is 3.66. The summed E-state index contributed by atoms with van der Waals surface area (Å²) in [6.07, 6.45) is 4.97. The first-order chi connectivity index (χ1) is 20.2. The number of para-hydroxylation sites is 1. The molecule has 0 atom stereocenters. The van der Waals surface area contributed by atoms with Crippen LogP contribution in [0.25, 0.3) is 54.9 Å². The maximum atomic E-state index is 14.2. The van der Waals surface area contributed by atoms with Crippen LogP contribution in [0, 0.1) is 0 Å². The second kappa shape index (κ2) is 8.93. The standard InChI is InChI=1S/C34H21N5O2/c40-33-25-10-5-4-9-24(25)26-20-30-28(19-27(26)34(41)39(33)22-7-2-1-3-8-22)31-29(11-6-16-35-31)38(30)23-14-12-21(13-15-23)32-36-17-18-37-32/h1-20,32H. The van der Waals surface area contributed by atoms with Crippen LogP contribution < -0.4 is 11.1 Å². The molecule has 0 amide bonds. The molecule has 0 fully saturated rings. The Labute approximate surface area is 233 Å². The molecule has 41 heavy (non-hydrogen) atoms. The Kier molecular flexibility index (Phi) is 5.05. The molecule has 0 radical (unpaired) electrons. The molecule has 7 nitrogen and oxygen atoms in total. The average molecular weight is 532 g/mol. The van der Waals surface area contributed by atoms with E-state index in [9.17, 15) is 9.59 Å². The third-order valence-corrected chi connectivity index (χ3v) is 7.73. The van der Waals surface area contributed by atoms with Gasteiger partial charge in [0.05, 0.1) is 22.2 Å². The largest absolute Gasteiger partial charge is 0.308 e. The topological polar surface area (TPSA) is 81.6 Å². The Hall–Kier alpha value is -5.69. The van der Waals surface area contributed by atoms with Gasteiger partial charge in [-0.15, -0.1) is 0 Å². The fourth-order valence-electron chi connectivity index (χ4n) is 5.85. The van der Waals surface area contributed by atoms with Crippen molar-refractivity contribution in [1.29, 1.82) is 0 Å². The molecule has 0 N–H and O–H groups in total. The van der Waals surface area contributed by atoms with Gasteiger partial charge in [-0.05, 0) is 70.9 Å². The summed E-state index contributed by atoms with van der Waals surface area (Å²) >= 11 is 0. The number of fused-ring (bicyclic) bond motifs is 6. The highest BCUT2D eigenvalue weighted by Gasteiger charge is 2.19. The van der Waals surface area contributed by atoms with Crippen molar-refractivity contribution in [3.63, 3.8) is 0 Å². The van der Waals surface area contributed by atoms with Crippen LogP contribution in [0.2, 0.25) is 0 Å². The Morgan fingerprint density at radius 1 is 0.537 bits per heavy atom. The van der Waals surface area contributed by atoms with Crippen molar-refractivity contribution in [3.05, 3.63) is 136 Å². The van der Waals surface area contributed by atoms with E-state index in [2.05, 4.69) is 26.7 Å². The molecule has 0 aliphatic carbocycles. The summed E-state index contributed by atoms with van der Waals surface area (Å²) in [5.74, 6) is 0. The maximum Gasteiger partial charge on any atom is 0.265 e. The van der Waals surface area contributed by atoms with Crippen LogP contribution in [0.4, 0.5) is 0 Å². The number of nitrogens with zero attached hydrogens (tertiary/aromatic N) is 5. The molecule has 0 unspecified atom stereocenters. The molecule has 7 aromatic rings. The highest BCUT2D eigenvalue weighted by molar-refractivity contribution is 6.17. The van der Waals surface area contributed by atoms with Crippen molar-refractivity contribution in [2.75, 3.05) is 0 Å². The predicted molar refractivity (Wildman–Crippen MR) is 165 cm³/mol. The lowest BCUT2D eigenvalue weighted by molar-refractivity contribution is 0.801. The zero-order valence-corrected chi connectivity index (χ0v) is 21.7. The summed E-state index contributed by atoms with van der Waals surface area (Å²) < 4.78 is 3.42. The zero-order valence-electron chi connectivity index (χ0n) is 21.7. The lowest BCUT2D eigenvalue weighted by Crippen LogP contribution is -2.28. The predicted octanol–water partition coefficient (Wildman–Crippen LogP) is 6.15. The van der Waals surface area contributed by atoms with Crippen molar-refractivity contribution in [3.8, 4) is 11.4 Å². The van der Waals surface area contributed by atoms with E-state index in [0.29, 0.717) is 21.8 Å². The van der Waals surface area contributed by atoms with Gasteiger partial charge in [0, 0.05) is 40.5 Å². The minimum atomic E-state index is -0.367. The third-order valence-electron chi connectivity index (χ3n) is 7.73. The van der Waals surface area contributed by atoms with E-state index < -0.39 is 0 Å². The molecule has 4 heterocycles. The smallest absolute Gasteiger partial charge is 0.265 e. The van der Waals surface area contributed by atoms with E-state index in [1.165, 1.54) is 4.57 Å². The summed E-state index contributed by atoms with van der Waals surface area (Å²) in [5.41, 5.74) is 4.36. The fraction of sp³-hybridized carbons (Fsp3) is 0.0294. The number of hydrogen-bond acceptors (Lipinski definition) is 5.